The summed E-state index contributed by atoms with van der Waals surface area (Å²) in [7, 11) is -1.47. The molecule has 0 saturated heterocycles. The smallest absolute Gasteiger partial charge is 0.157 e. The Morgan fingerprint density at radius 1 is 0.778 bits per heavy atom. The molecule has 0 nitrogen and oxygen atoms in total. The summed E-state index contributed by atoms with van der Waals surface area (Å²) in [5.41, 5.74) is 0. The van der Waals surface area contributed by atoms with Gasteiger partial charge in [0.2, 0.25) is 0 Å². The highest BCUT2D eigenvalue weighted by atomic mass is 35.6. The highest BCUT2D eigenvalue weighted by Gasteiger charge is 2.31. The molecule has 0 spiro atoms. The van der Waals surface area contributed by atoms with Crippen molar-refractivity contribution in [3.63, 3.8) is 0 Å². The van der Waals surface area contributed by atoms with Crippen LogP contribution in [0.15, 0.2) is 0 Å². The summed E-state index contributed by atoms with van der Waals surface area (Å²) in [6.07, 6.45) is 8.35. The average Bonchev–Trinajstić information content (AvgIpc) is 2.20. The maximum absolute atomic E-state index is 7.01. The first-order valence-electron chi connectivity index (χ1n) is 8.08. The molecule has 0 fully saturated rings. The van der Waals surface area contributed by atoms with Crippen LogP contribution in [-0.2, 0) is 0 Å². The Morgan fingerprint density at radius 2 is 1.22 bits per heavy atom. The molecule has 0 aromatic carbocycles. The SMILES string of the molecule is CCCCCCCC[Si](Cl)(CC(C)C)CC(C)C. The number of unbranched alkanes of at least 4 members (excludes halogenated alkanes) is 5. The summed E-state index contributed by atoms with van der Waals surface area (Å²) >= 11 is 7.01. The van der Waals surface area contributed by atoms with Crippen LogP contribution in [0.4, 0.5) is 0 Å². The number of halogens is 1. The van der Waals surface area contributed by atoms with E-state index in [1.54, 1.807) is 0 Å². The maximum atomic E-state index is 7.01. The molecule has 0 heterocycles. The van der Waals surface area contributed by atoms with Crippen LogP contribution in [0.2, 0.25) is 18.1 Å². The molecule has 0 N–H and O–H groups in total. The van der Waals surface area contributed by atoms with E-state index in [-0.39, 0.29) is 0 Å². The van der Waals surface area contributed by atoms with Crippen LogP contribution in [0.25, 0.3) is 0 Å². The molecule has 0 radical (unpaired) electrons. The van der Waals surface area contributed by atoms with E-state index in [2.05, 4.69) is 34.6 Å². The molecule has 0 aliphatic carbocycles. The minimum Gasteiger partial charge on any atom is -0.167 e. The molecular formula is C16H35ClSi. The molecule has 0 aliphatic rings. The lowest BCUT2D eigenvalue weighted by Gasteiger charge is -2.28. The van der Waals surface area contributed by atoms with E-state index in [0.717, 1.165) is 11.8 Å². The molecule has 110 valence electrons. The molecule has 0 aromatic rings. The topological polar surface area (TPSA) is 0 Å². The fraction of sp³-hybridized carbons (Fsp3) is 1.00. The van der Waals surface area contributed by atoms with Crippen LogP contribution < -0.4 is 0 Å². The van der Waals surface area contributed by atoms with E-state index < -0.39 is 7.38 Å². The molecular weight excluding hydrogens is 256 g/mol. The lowest BCUT2D eigenvalue weighted by atomic mass is 10.1. The quantitative estimate of drug-likeness (QED) is 0.222. The van der Waals surface area contributed by atoms with Gasteiger partial charge in [0.25, 0.3) is 0 Å². The van der Waals surface area contributed by atoms with Crippen LogP contribution in [0.1, 0.15) is 73.1 Å². The van der Waals surface area contributed by atoms with Crippen LogP contribution in [0.5, 0.6) is 0 Å². The minimum atomic E-state index is -1.47. The second-order valence-corrected chi connectivity index (χ2v) is 12.9. The van der Waals surface area contributed by atoms with Gasteiger partial charge in [-0.15, -0.1) is 0 Å². The highest BCUT2D eigenvalue weighted by molar-refractivity contribution is 7.20. The Kier molecular flexibility index (Phi) is 10.6. The molecule has 2 heteroatoms. The Morgan fingerprint density at radius 3 is 1.67 bits per heavy atom. The molecule has 0 unspecified atom stereocenters. The fourth-order valence-corrected chi connectivity index (χ4v) is 9.61. The molecule has 0 aliphatic heterocycles. The van der Waals surface area contributed by atoms with Gasteiger partial charge in [-0.05, 0) is 30.0 Å². The summed E-state index contributed by atoms with van der Waals surface area (Å²) in [6.45, 7) is 11.6. The molecule has 0 amide bonds. The van der Waals surface area contributed by atoms with Gasteiger partial charge in [0, 0.05) is 0 Å². The van der Waals surface area contributed by atoms with E-state index >= 15 is 0 Å². The third-order valence-electron chi connectivity index (χ3n) is 3.53. The molecule has 0 rings (SSSR count). The fourth-order valence-electron chi connectivity index (χ4n) is 2.97. The minimum absolute atomic E-state index is 0.771. The van der Waals surface area contributed by atoms with Crippen molar-refractivity contribution in [3.8, 4) is 0 Å². The Bertz CT molecular complexity index is 180. The van der Waals surface area contributed by atoms with Gasteiger partial charge in [0.1, 0.15) is 0 Å². The van der Waals surface area contributed by atoms with Crippen LogP contribution in [0.3, 0.4) is 0 Å². The summed E-state index contributed by atoms with van der Waals surface area (Å²) in [5, 5.41) is 0. The van der Waals surface area contributed by atoms with Crippen LogP contribution in [0, 0.1) is 11.8 Å². The Hall–Kier alpha value is 0.507. The van der Waals surface area contributed by atoms with Crippen molar-refractivity contribution in [3.05, 3.63) is 0 Å². The standard InChI is InChI=1S/C16H35ClSi/c1-6-7-8-9-10-11-12-18(17,13-15(2)3)14-16(4)5/h15-16H,6-14H2,1-5H3. The Labute approximate surface area is 122 Å². The predicted octanol–water partition coefficient (Wildman–Crippen LogP) is 6.84. The van der Waals surface area contributed by atoms with E-state index in [0.29, 0.717) is 0 Å². The normalized spacial score (nSPS) is 12.7. The molecule has 18 heavy (non-hydrogen) atoms. The first kappa shape index (κ1) is 18.5. The zero-order valence-corrected chi connectivity index (χ0v) is 15.2. The summed E-state index contributed by atoms with van der Waals surface area (Å²) in [6, 6.07) is 3.96. The van der Waals surface area contributed by atoms with Crippen LogP contribution in [-0.4, -0.2) is 7.38 Å². The number of hydrogen-bond donors (Lipinski definition) is 0. The van der Waals surface area contributed by atoms with E-state index in [4.69, 9.17) is 11.1 Å². The van der Waals surface area contributed by atoms with Gasteiger partial charge in [0.15, 0.2) is 7.38 Å². The molecule has 0 bridgehead atoms. The molecule has 0 saturated carbocycles. The van der Waals surface area contributed by atoms with Gasteiger partial charge < -0.3 is 0 Å². The van der Waals surface area contributed by atoms with Crippen molar-refractivity contribution in [2.75, 3.05) is 0 Å². The second kappa shape index (κ2) is 10.3. The second-order valence-electron chi connectivity index (χ2n) is 6.86. The lowest BCUT2D eigenvalue weighted by molar-refractivity contribution is 0.617. The molecule has 0 aromatic heterocycles. The highest BCUT2D eigenvalue weighted by Crippen LogP contribution is 2.34. The van der Waals surface area contributed by atoms with Crippen molar-refractivity contribution in [2.24, 2.45) is 11.8 Å². The van der Waals surface area contributed by atoms with Gasteiger partial charge in [-0.25, -0.2) is 0 Å². The van der Waals surface area contributed by atoms with E-state index in [9.17, 15) is 0 Å². The monoisotopic (exact) mass is 290 g/mol. The van der Waals surface area contributed by atoms with Crippen molar-refractivity contribution in [2.45, 2.75) is 91.3 Å². The van der Waals surface area contributed by atoms with Gasteiger partial charge in [0.05, 0.1) is 0 Å². The third kappa shape index (κ3) is 10.4. The van der Waals surface area contributed by atoms with Crippen molar-refractivity contribution >= 4 is 18.5 Å². The third-order valence-corrected chi connectivity index (χ3v) is 9.37. The number of hydrogen-bond acceptors (Lipinski definition) is 0. The van der Waals surface area contributed by atoms with Gasteiger partial charge >= 0.3 is 0 Å². The van der Waals surface area contributed by atoms with Crippen molar-refractivity contribution in [1.29, 1.82) is 0 Å². The largest absolute Gasteiger partial charge is 0.167 e. The maximum Gasteiger partial charge on any atom is 0.157 e. The average molecular weight is 291 g/mol. The van der Waals surface area contributed by atoms with Gasteiger partial charge in [-0.3, -0.25) is 0 Å². The van der Waals surface area contributed by atoms with Gasteiger partial charge in [-0.2, -0.15) is 11.1 Å². The lowest BCUT2D eigenvalue weighted by Crippen LogP contribution is -2.30. The summed E-state index contributed by atoms with van der Waals surface area (Å²) in [4.78, 5) is 0. The molecule has 0 atom stereocenters. The zero-order chi connectivity index (χ0) is 14.0. The van der Waals surface area contributed by atoms with E-state index in [1.165, 1.54) is 56.7 Å². The first-order chi connectivity index (χ1) is 8.39. The van der Waals surface area contributed by atoms with E-state index in [1.807, 2.05) is 0 Å². The summed E-state index contributed by atoms with van der Waals surface area (Å²) in [5.74, 6) is 1.54. The Balaban J connectivity index is 3.93. The predicted molar refractivity (Wildman–Crippen MR) is 89.1 cm³/mol. The first-order valence-corrected chi connectivity index (χ1v) is 11.7. The van der Waals surface area contributed by atoms with Crippen molar-refractivity contribution < 1.29 is 0 Å². The number of rotatable bonds is 11. The van der Waals surface area contributed by atoms with Gasteiger partial charge in [-0.1, -0.05) is 73.1 Å². The van der Waals surface area contributed by atoms with Crippen LogP contribution >= 0.6 is 11.1 Å². The summed E-state index contributed by atoms with van der Waals surface area (Å²) < 4.78 is 0. The zero-order valence-electron chi connectivity index (χ0n) is 13.4. The van der Waals surface area contributed by atoms with Crippen molar-refractivity contribution in [1.82, 2.24) is 0 Å².